The monoisotopic (exact) mass is 365 g/mol. The number of halogens is 2. The second-order valence-electron chi connectivity index (χ2n) is 6.53. The van der Waals surface area contributed by atoms with Crippen molar-refractivity contribution >= 4 is 16.9 Å². The molecule has 1 saturated heterocycles. The lowest BCUT2D eigenvalue weighted by molar-refractivity contribution is -0.148. The van der Waals surface area contributed by atoms with E-state index in [1.165, 1.54) is 23.8 Å². The van der Waals surface area contributed by atoms with Gasteiger partial charge in [-0.05, 0) is 25.1 Å². The molecule has 0 saturated carbocycles. The third kappa shape index (κ3) is 3.61. The molecule has 2 atom stereocenters. The van der Waals surface area contributed by atoms with Crippen LogP contribution in [0.2, 0.25) is 0 Å². The lowest BCUT2D eigenvalue weighted by Gasteiger charge is -2.35. The predicted molar refractivity (Wildman–Crippen MR) is 92.7 cm³/mol. The minimum absolute atomic E-state index is 0.194. The number of esters is 1. The zero-order valence-corrected chi connectivity index (χ0v) is 14.5. The van der Waals surface area contributed by atoms with Gasteiger partial charge in [0, 0.05) is 43.2 Å². The van der Waals surface area contributed by atoms with Gasteiger partial charge in [-0.3, -0.25) is 9.59 Å². The lowest BCUT2D eigenvalue weighted by atomic mass is 9.93. The molecule has 2 heterocycles. The Bertz CT molecular complexity index is 884. The normalized spacial score (nSPS) is 21.1. The summed E-state index contributed by atoms with van der Waals surface area (Å²) < 4.78 is 33.7. The molecule has 0 unspecified atom stereocenters. The number of piperidine rings is 1. The average molecular weight is 365 g/mol. The Morgan fingerprint density at radius 2 is 2.08 bits per heavy atom. The number of carbonyl (C=O) groups is 1. The molecule has 0 spiro atoms. The molecular formula is C18H21F2N3O3. The number of hydrogen-bond acceptors (Lipinski definition) is 5. The number of carbonyl (C=O) groups excluding carboxylic acids is 1. The molecule has 0 aliphatic carbocycles. The molecule has 2 N–H and O–H groups in total. The number of fused-ring (bicyclic) bond motifs is 1. The van der Waals surface area contributed by atoms with E-state index in [1.54, 1.807) is 0 Å². The number of benzene rings is 1. The van der Waals surface area contributed by atoms with E-state index in [2.05, 4.69) is 0 Å². The first kappa shape index (κ1) is 18.5. The molecule has 0 radical (unpaired) electrons. The van der Waals surface area contributed by atoms with Crippen LogP contribution in [0.15, 0.2) is 29.1 Å². The molecule has 0 amide bonds. The third-order valence-electron chi connectivity index (χ3n) is 4.92. The number of pyridine rings is 1. The average Bonchev–Trinajstić information content (AvgIpc) is 2.61. The Balaban J connectivity index is 1.81. The molecule has 1 aromatic carbocycles. The van der Waals surface area contributed by atoms with Gasteiger partial charge >= 0.3 is 5.97 Å². The third-order valence-corrected chi connectivity index (χ3v) is 4.92. The van der Waals surface area contributed by atoms with E-state index < -0.39 is 17.6 Å². The summed E-state index contributed by atoms with van der Waals surface area (Å²) >= 11 is 0. The van der Waals surface area contributed by atoms with Gasteiger partial charge in [-0.1, -0.05) is 0 Å². The van der Waals surface area contributed by atoms with Gasteiger partial charge in [0.15, 0.2) is 0 Å². The first-order chi connectivity index (χ1) is 12.4. The first-order valence-corrected chi connectivity index (χ1v) is 8.45. The van der Waals surface area contributed by atoms with Gasteiger partial charge in [0.2, 0.25) is 0 Å². The van der Waals surface area contributed by atoms with Gasteiger partial charge in [-0.25, -0.2) is 8.78 Å². The number of nitrogens with two attached hydrogens (primary N) is 1. The van der Waals surface area contributed by atoms with E-state index in [0.29, 0.717) is 26.1 Å². The zero-order valence-electron chi connectivity index (χ0n) is 14.5. The summed E-state index contributed by atoms with van der Waals surface area (Å²) in [4.78, 5) is 26.0. The zero-order chi connectivity index (χ0) is 18.8. The second-order valence-corrected chi connectivity index (χ2v) is 6.53. The number of rotatable bonds is 4. The van der Waals surface area contributed by atoms with Crippen molar-refractivity contribution in [2.75, 3.05) is 26.7 Å². The first-order valence-electron chi connectivity index (χ1n) is 8.45. The molecule has 1 aromatic heterocycles. The van der Waals surface area contributed by atoms with Gasteiger partial charge in [0.1, 0.15) is 11.6 Å². The summed E-state index contributed by atoms with van der Waals surface area (Å²) in [7, 11) is 1.33. The fourth-order valence-electron chi connectivity index (χ4n) is 3.44. The van der Waals surface area contributed by atoms with Crippen molar-refractivity contribution in [1.82, 2.24) is 9.47 Å². The lowest BCUT2D eigenvalue weighted by Crippen LogP contribution is -2.51. The summed E-state index contributed by atoms with van der Waals surface area (Å²) in [6.07, 6.45) is 0.632. The van der Waals surface area contributed by atoms with Crippen molar-refractivity contribution in [2.24, 2.45) is 11.7 Å². The summed E-state index contributed by atoms with van der Waals surface area (Å²) in [5.41, 5.74) is 5.87. The highest BCUT2D eigenvalue weighted by Crippen LogP contribution is 2.20. The van der Waals surface area contributed by atoms with Gasteiger partial charge < -0.3 is 19.9 Å². The number of nitrogens with zero attached hydrogens (tertiary/aromatic N) is 2. The molecule has 0 bridgehead atoms. The Morgan fingerprint density at radius 1 is 1.31 bits per heavy atom. The molecule has 1 aliphatic rings. The van der Waals surface area contributed by atoms with E-state index in [4.69, 9.17) is 10.5 Å². The number of methoxy groups -OCH3 is 1. The Kier molecular flexibility index (Phi) is 5.33. The van der Waals surface area contributed by atoms with E-state index in [-0.39, 0.29) is 35.0 Å². The maximum Gasteiger partial charge on any atom is 0.311 e. The van der Waals surface area contributed by atoms with Gasteiger partial charge in [0.05, 0.1) is 18.5 Å². The summed E-state index contributed by atoms with van der Waals surface area (Å²) in [5, 5.41) is 0.194. The molecule has 8 heteroatoms. The molecule has 140 valence electrons. The number of ether oxygens (including phenoxy) is 1. The summed E-state index contributed by atoms with van der Waals surface area (Å²) in [6, 6.07) is 4.32. The molecule has 1 aliphatic heterocycles. The van der Waals surface area contributed by atoms with Crippen molar-refractivity contribution in [3.05, 3.63) is 46.3 Å². The van der Waals surface area contributed by atoms with Gasteiger partial charge in [-0.15, -0.1) is 0 Å². The van der Waals surface area contributed by atoms with Crippen LogP contribution in [-0.4, -0.2) is 48.2 Å². The highest BCUT2D eigenvalue weighted by molar-refractivity contribution is 5.79. The van der Waals surface area contributed by atoms with Crippen LogP contribution in [-0.2, 0) is 16.1 Å². The van der Waals surface area contributed by atoms with Crippen LogP contribution in [0.3, 0.4) is 0 Å². The topological polar surface area (TPSA) is 77.6 Å². The molecule has 2 aromatic rings. The highest BCUT2D eigenvalue weighted by atomic mass is 19.1. The molecule has 6 nitrogen and oxygen atoms in total. The maximum atomic E-state index is 13.9. The van der Waals surface area contributed by atoms with Gasteiger partial charge in [-0.2, -0.15) is 0 Å². The SMILES string of the molecule is COC(=O)[C@H]1CN(CCn2c(=O)ccc3c(F)cc(F)cc32)CC[C@H]1N. The van der Waals surface area contributed by atoms with Crippen LogP contribution in [0.25, 0.3) is 10.9 Å². The van der Waals surface area contributed by atoms with Crippen molar-refractivity contribution in [2.45, 2.75) is 19.0 Å². The molecule has 26 heavy (non-hydrogen) atoms. The number of hydrogen-bond donors (Lipinski definition) is 1. The second kappa shape index (κ2) is 7.51. The molecular weight excluding hydrogens is 344 g/mol. The van der Waals surface area contributed by atoms with Crippen molar-refractivity contribution in [3.8, 4) is 0 Å². The highest BCUT2D eigenvalue weighted by Gasteiger charge is 2.32. The van der Waals surface area contributed by atoms with Crippen molar-refractivity contribution < 1.29 is 18.3 Å². The van der Waals surface area contributed by atoms with Crippen LogP contribution in [0.4, 0.5) is 8.78 Å². The number of likely N-dealkylation sites (tertiary alicyclic amines) is 1. The minimum atomic E-state index is -0.732. The Labute approximate surface area is 149 Å². The van der Waals surface area contributed by atoms with Gasteiger partial charge in [0.25, 0.3) is 5.56 Å². The van der Waals surface area contributed by atoms with Crippen LogP contribution in [0.1, 0.15) is 6.42 Å². The van der Waals surface area contributed by atoms with Crippen molar-refractivity contribution in [1.29, 1.82) is 0 Å². The quantitative estimate of drug-likeness (QED) is 0.821. The van der Waals surface area contributed by atoms with Crippen LogP contribution < -0.4 is 11.3 Å². The standard InChI is InChI=1S/C18H21F2N3O3/c1-26-18(25)13-10-22(5-4-15(13)21)6-7-23-16-9-11(19)8-14(20)12(16)2-3-17(23)24/h2-3,8-9,13,15H,4-7,10,21H2,1H3/t13-,15+/m0/s1. The summed E-state index contributed by atoms with van der Waals surface area (Å²) in [6.45, 7) is 1.81. The fourth-order valence-corrected chi connectivity index (χ4v) is 3.44. The smallest absolute Gasteiger partial charge is 0.311 e. The van der Waals surface area contributed by atoms with Crippen LogP contribution in [0, 0.1) is 17.6 Å². The predicted octanol–water partition coefficient (Wildman–Crippen LogP) is 1.10. The van der Waals surface area contributed by atoms with E-state index in [1.807, 2.05) is 4.90 Å². The maximum absolute atomic E-state index is 13.9. The molecule has 1 fully saturated rings. The van der Waals surface area contributed by atoms with Crippen molar-refractivity contribution in [3.63, 3.8) is 0 Å². The summed E-state index contributed by atoms with van der Waals surface area (Å²) in [5.74, 6) is -2.21. The fraction of sp³-hybridized carbons (Fsp3) is 0.444. The van der Waals surface area contributed by atoms with E-state index >= 15 is 0 Å². The van der Waals surface area contributed by atoms with Crippen LogP contribution >= 0.6 is 0 Å². The van der Waals surface area contributed by atoms with E-state index in [9.17, 15) is 18.4 Å². The minimum Gasteiger partial charge on any atom is -0.469 e. The van der Waals surface area contributed by atoms with Crippen LogP contribution in [0.5, 0.6) is 0 Å². The largest absolute Gasteiger partial charge is 0.469 e. The molecule has 3 rings (SSSR count). The Hall–Kier alpha value is -2.32. The number of aromatic nitrogens is 1. The van der Waals surface area contributed by atoms with E-state index in [0.717, 1.165) is 12.1 Å². The Morgan fingerprint density at radius 3 is 2.81 bits per heavy atom.